The molecule has 0 saturated heterocycles. The number of ether oxygens (including phenoxy) is 1. The third kappa shape index (κ3) is 3.79. The van der Waals surface area contributed by atoms with Gasteiger partial charge in [-0.1, -0.05) is 31.0 Å². The zero-order valence-electron chi connectivity index (χ0n) is 8.14. The number of rotatable bonds is 3. The Morgan fingerprint density at radius 1 is 1.27 bits per heavy atom. The highest BCUT2D eigenvalue weighted by atomic mass is 19.4. The summed E-state index contributed by atoms with van der Waals surface area (Å²) < 4.78 is 39.1. The van der Waals surface area contributed by atoms with E-state index in [4.69, 9.17) is 5.73 Å². The molecule has 0 aliphatic rings. The second-order valence-corrected chi connectivity index (χ2v) is 3.08. The summed E-state index contributed by atoms with van der Waals surface area (Å²) in [6.45, 7) is 1.85. The summed E-state index contributed by atoms with van der Waals surface area (Å²) in [4.78, 5) is 0. The monoisotopic (exact) mass is 218 g/mol. The van der Waals surface area contributed by atoms with Crippen molar-refractivity contribution in [2.45, 2.75) is 25.7 Å². The van der Waals surface area contributed by atoms with Crippen molar-refractivity contribution >= 4 is 0 Å². The Balaban J connectivity index is 2.72. The van der Waals surface area contributed by atoms with E-state index in [1.165, 1.54) is 24.3 Å². The van der Waals surface area contributed by atoms with E-state index < -0.39 is 12.4 Å². The van der Waals surface area contributed by atoms with Gasteiger partial charge in [-0.2, -0.15) is 0 Å². The predicted molar refractivity (Wildman–Crippen MR) is 50.5 cm³/mol. The summed E-state index contributed by atoms with van der Waals surface area (Å²) in [5.74, 6) is -0.255. The van der Waals surface area contributed by atoms with Gasteiger partial charge in [-0.05, 0) is 12.1 Å². The molecule has 0 saturated carbocycles. The highest BCUT2D eigenvalue weighted by Gasteiger charge is 2.30. The molecule has 1 aromatic carbocycles. The minimum absolute atomic E-state index is 0.255. The first-order valence-corrected chi connectivity index (χ1v) is 4.49. The molecule has 5 heteroatoms. The summed E-state index contributed by atoms with van der Waals surface area (Å²) >= 11 is 0. The lowest BCUT2D eigenvalue weighted by Gasteiger charge is -2.18. The van der Waals surface area contributed by atoms with Gasteiger partial charge in [0, 0.05) is 0 Å². The van der Waals surface area contributed by atoms with Crippen LogP contribution in [0.2, 0.25) is 0 Å². The standard InChI is InChI=1S/C10H11F3NO/c1-2-9(14)7-3-5-8(6-4-7)15-10(11,12)13/h3-6,9,14H,2H2,1H3/q-1/t9-/m1/s1. The number of benzene rings is 1. The molecule has 0 aliphatic carbocycles. The minimum atomic E-state index is -4.66. The minimum Gasteiger partial charge on any atom is -0.671 e. The van der Waals surface area contributed by atoms with Crippen LogP contribution in [0.4, 0.5) is 13.2 Å². The molecule has 0 aliphatic heterocycles. The Bertz CT molecular complexity index is 307. The highest BCUT2D eigenvalue weighted by molar-refractivity contribution is 5.30. The summed E-state index contributed by atoms with van der Waals surface area (Å²) in [7, 11) is 0. The summed E-state index contributed by atoms with van der Waals surface area (Å²) in [5.41, 5.74) is 8.24. The fraction of sp³-hybridized carbons (Fsp3) is 0.400. The molecule has 2 nitrogen and oxygen atoms in total. The van der Waals surface area contributed by atoms with Crippen LogP contribution in [0.5, 0.6) is 5.75 Å². The average Bonchev–Trinajstić information content (AvgIpc) is 2.15. The van der Waals surface area contributed by atoms with Gasteiger partial charge in [0.2, 0.25) is 0 Å². The van der Waals surface area contributed by atoms with Crippen molar-refractivity contribution in [3.05, 3.63) is 35.6 Å². The Kier molecular flexibility index (Phi) is 3.57. The molecule has 0 bridgehead atoms. The van der Waals surface area contributed by atoms with Gasteiger partial charge in [0.1, 0.15) is 5.75 Å². The number of nitrogens with one attached hydrogen (secondary N) is 1. The van der Waals surface area contributed by atoms with Crippen LogP contribution in [-0.2, 0) is 0 Å². The van der Waals surface area contributed by atoms with Crippen LogP contribution in [0.15, 0.2) is 24.3 Å². The van der Waals surface area contributed by atoms with E-state index in [2.05, 4.69) is 4.74 Å². The van der Waals surface area contributed by atoms with Gasteiger partial charge in [0.15, 0.2) is 0 Å². The Hall–Kier alpha value is -1.23. The van der Waals surface area contributed by atoms with Gasteiger partial charge >= 0.3 is 6.36 Å². The van der Waals surface area contributed by atoms with Gasteiger partial charge in [-0.15, -0.1) is 19.2 Å². The molecule has 1 atom stereocenters. The molecule has 84 valence electrons. The van der Waals surface area contributed by atoms with Gasteiger partial charge < -0.3 is 10.5 Å². The Labute approximate surface area is 85.8 Å². The lowest BCUT2D eigenvalue weighted by atomic mass is 10.1. The maximum Gasteiger partial charge on any atom is 0.573 e. The van der Waals surface area contributed by atoms with Crippen molar-refractivity contribution in [1.29, 1.82) is 0 Å². The molecule has 0 aromatic heterocycles. The summed E-state index contributed by atoms with van der Waals surface area (Å²) in [5, 5.41) is 0. The fourth-order valence-electron chi connectivity index (χ4n) is 1.14. The van der Waals surface area contributed by atoms with Crippen molar-refractivity contribution in [2.24, 2.45) is 0 Å². The van der Waals surface area contributed by atoms with E-state index in [1.807, 2.05) is 6.92 Å². The first-order valence-electron chi connectivity index (χ1n) is 4.49. The molecule has 0 spiro atoms. The molecule has 0 fully saturated rings. The first kappa shape index (κ1) is 11.8. The zero-order valence-corrected chi connectivity index (χ0v) is 8.14. The Morgan fingerprint density at radius 3 is 2.20 bits per heavy atom. The van der Waals surface area contributed by atoms with Gasteiger partial charge in [0.25, 0.3) is 0 Å². The quantitative estimate of drug-likeness (QED) is 0.752. The molecule has 1 N–H and O–H groups in total. The maximum atomic E-state index is 11.8. The van der Waals surface area contributed by atoms with Crippen LogP contribution >= 0.6 is 0 Å². The maximum absolute atomic E-state index is 11.8. The fourth-order valence-corrected chi connectivity index (χ4v) is 1.14. The molecule has 0 heterocycles. The predicted octanol–water partition coefficient (Wildman–Crippen LogP) is 4.09. The molecule has 0 radical (unpaired) electrons. The van der Waals surface area contributed by atoms with E-state index in [0.29, 0.717) is 12.0 Å². The van der Waals surface area contributed by atoms with E-state index in [1.54, 1.807) is 0 Å². The van der Waals surface area contributed by atoms with Crippen molar-refractivity contribution in [3.63, 3.8) is 0 Å². The SMILES string of the molecule is CC[C@@H]([NH-])c1ccc(OC(F)(F)F)cc1. The largest absolute Gasteiger partial charge is 0.671 e. The normalized spacial score (nSPS) is 13.7. The van der Waals surface area contributed by atoms with Gasteiger partial charge in [-0.25, -0.2) is 0 Å². The lowest BCUT2D eigenvalue weighted by Crippen LogP contribution is -2.17. The van der Waals surface area contributed by atoms with Crippen molar-refractivity contribution in [1.82, 2.24) is 0 Å². The second-order valence-electron chi connectivity index (χ2n) is 3.08. The smallest absolute Gasteiger partial charge is 0.573 e. The van der Waals surface area contributed by atoms with Crippen LogP contribution < -0.4 is 4.74 Å². The summed E-state index contributed by atoms with van der Waals surface area (Å²) in [6, 6.07) is 5.00. The highest BCUT2D eigenvalue weighted by Crippen LogP contribution is 2.26. The van der Waals surface area contributed by atoms with Crippen LogP contribution in [0.25, 0.3) is 5.73 Å². The Morgan fingerprint density at radius 2 is 1.80 bits per heavy atom. The first-order chi connectivity index (χ1) is 6.92. The molecule has 0 unspecified atom stereocenters. The van der Waals surface area contributed by atoms with Crippen LogP contribution in [0.1, 0.15) is 24.9 Å². The van der Waals surface area contributed by atoms with E-state index in [0.717, 1.165) is 0 Å². The molecule has 0 amide bonds. The lowest BCUT2D eigenvalue weighted by molar-refractivity contribution is -0.274. The van der Waals surface area contributed by atoms with Gasteiger partial charge in [0.05, 0.1) is 0 Å². The van der Waals surface area contributed by atoms with E-state index in [-0.39, 0.29) is 5.75 Å². The molecule has 1 aromatic rings. The van der Waals surface area contributed by atoms with Gasteiger partial charge in [-0.3, -0.25) is 0 Å². The van der Waals surface area contributed by atoms with Crippen molar-refractivity contribution < 1.29 is 17.9 Å². The van der Waals surface area contributed by atoms with E-state index in [9.17, 15) is 13.2 Å². The number of hydrogen-bond donors (Lipinski definition) is 0. The number of halogens is 3. The van der Waals surface area contributed by atoms with E-state index >= 15 is 0 Å². The molecule has 1 rings (SSSR count). The molecule has 15 heavy (non-hydrogen) atoms. The third-order valence-electron chi connectivity index (χ3n) is 1.92. The van der Waals surface area contributed by atoms with Crippen LogP contribution in [-0.4, -0.2) is 6.36 Å². The number of alkyl halides is 3. The van der Waals surface area contributed by atoms with Crippen LogP contribution in [0.3, 0.4) is 0 Å². The average molecular weight is 218 g/mol. The molecular weight excluding hydrogens is 207 g/mol. The zero-order chi connectivity index (χ0) is 11.5. The second kappa shape index (κ2) is 4.53. The van der Waals surface area contributed by atoms with Crippen LogP contribution in [0, 0.1) is 0 Å². The topological polar surface area (TPSA) is 33.0 Å². The van der Waals surface area contributed by atoms with Crippen molar-refractivity contribution in [2.75, 3.05) is 0 Å². The summed E-state index contributed by atoms with van der Waals surface area (Å²) in [6.07, 6.45) is -4.04. The molecular formula is C10H11F3NO-. The van der Waals surface area contributed by atoms with Crippen molar-refractivity contribution in [3.8, 4) is 5.75 Å². The third-order valence-corrected chi connectivity index (χ3v) is 1.92. The number of hydrogen-bond acceptors (Lipinski definition) is 1.